The highest BCUT2D eigenvalue weighted by Gasteiger charge is 2.48. The fourth-order valence-electron chi connectivity index (χ4n) is 6.74. The van der Waals surface area contributed by atoms with E-state index >= 15 is 0 Å². The summed E-state index contributed by atoms with van der Waals surface area (Å²) >= 11 is 0. The molecule has 0 bridgehead atoms. The van der Waals surface area contributed by atoms with Gasteiger partial charge in [-0.05, 0) is 87.0 Å². The van der Waals surface area contributed by atoms with Gasteiger partial charge in [0.2, 0.25) is 17.7 Å². The smallest absolute Gasteiger partial charge is 0.255 e. The van der Waals surface area contributed by atoms with Crippen molar-refractivity contribution in [3.05, 3.63) is 64.7 Å². The molecule has 4 aliphatic heterocycles. The van der Waals surface area contributed by atoms with Crippen molar-refractivity contribution in [2.45, 2.75) is 69.4 Å². The van der Waals surface area contributed by atoms with Crippen LogP contribution in [0.25, 0.3) is 0 Å². The second-order valence-corrected chi connectivity index (χ2v) is 11.1. The largest absolute Gasteiger partial charge is 0.325 e. The molecule has 4 amide bonds. The van der Waals surface area contributed by atoms with Gasteiger partial charge in [-0.25, -0.2) is 0 Å². The standard InChI is InChI=1S/C30H34N4O4/c35-26-13-12-25(27(36)32-26)34-19-22-20(8-6-9-21(22)28(34)37)7-2-1-5-16-33-17-14-30(15-18-33)23-10-3-4-11-24(23)31-29(30)38/h3-4,6,8-11,25H,1-2,5,7,12-19H2,(H,31,38)(H,32,35,36). The lowest BCUT2D eigenvalue weighted by Crippen LogP contribution is -2.52. The van der Waals surface area contributed by atoms with Gasteiger partial charge >= 0.3 is 0 Å². The molecule has 1 atom stereocenters. The van der Waals surface area contributed by atoms with E-state index in [1.807, 2.05) is 30.3 Å². The third-order valence-electron chi connectivity index (χ3n) is 8.93. The summed E-state index contributed by atoms with van der Waals surface area (Å²) in [6, 6.07) is 13.4. The molecule has 2 aromatic carbocycles. The van der Waals surface area contributed by atoms with Crippen molar-refractivity contribution >= 4 is 29.3 Å². The number of unbranched alkanes of at least 4 members (excludes halogenated alkanes) is 2. The maximum absolute atomic E-state index is 13.0. The summed E-state index contributed by atoms with van der Waals surface area (Å²) in [5.74, 6) is -0.596. The third-order valence-corrected chi connectivity index (χ3v) is 8.93. The Bertz CT molecular complexity index is 1300. The van der Waals surface area contributed by atoms with Crippen LogP contribution in [-0.2, 0) is 32.8 Å². The molecule has 0 radical (unpaired) electrons. The van der Waals surface area contributed by atoms with E-state index in [1.165, 1.54) is 5.56 Å². The lowest BCUT2D eigenvalue weighted by molar-refractivity contribution is -0.137. The molecule has 0 aromatic heterocycles. The monoisotopic (exact) mass is 514 g/mol. The van der Waals surface area contributed by atoms with Crippen LogP contribution in [0.5, 0.6) is 0 Å². The fourth-order valence-corrected chi connectivity index (χ4v) is 6.74. The normalized spacial score (nSPS) is 22.4. The van der Waals surface area contributed by atoms with E-state index in [-0.39, 0.29) is 35.5 Å². The zero-order chi connectivity index (χ0) is 26.3. The Labute approximate surface area is 222 Å². The number of para-hydroxylation sites is 1. The Hall–Kier alpha value is -3.52. The van der Waals surface area contributed by atoms with Crippen molar-refractivity contribution in [2.75, 3.05) is 25.0 Å². The number of fused-ring (bicyclic) bond motifs is 3. The Balaban J connectivity index is 0.982. The van der Waals surface area contributed by atoms with Gasteiger partial charge < -0.3 is 15.1 Å². The summed E-state index contributed by atoms with van der Waals surface area (Å²) < 4.78 is 0. The van der Waals surface area contributed by atoms with E-state index in [2.05, 4.69) is 27.7 Å². The average molecular weight is 515 g/mol. The number of nitrogens with one attached hydrogen (secondary N) is 2. The number of hydrogen-bond donors (Lipinski definition) is 2. The quantitative estimate of drug-likeness (QED) is 0.437. The lowest BCUT2D eigenvalue weighted by atomic mass is 9.73. The number of aryl methyl sites for hydroxylation is 1. The molecule has 38 heavy (non-hydrogen) atoms. The van der Waals surface area contributed by atoms with Crippen LogP contribution in [-0.4, -0.2) is 59.1 Å². The molecule has 8 nitrogen and oxygen atoms in total. The Morgan fingerprint density at radius 1 is 0.895 bits per heavy atom. The molecule has 2 saturated heterocycles. The number of hydrogen-bond acceptors (Lipinski definition) is 5. The van der Waals surface area contributed by atoms with Crippen molar-refractivity contribution in [2.24, 2.45) is 0 Å². The molecular weight excluding hydrogens is 480 g/mol. The van der Waals surface area contributed by atoms with Crippen molar-refractivity contribution in [1.82, 2.24) is 15.1 Å². The second-order valence-electron chi connectivity index (χ2n) is 11.1. The minimum Gasteiger partial charge on any atom is -0.325 e. The molecule has 0 saturated carbocycles. The highest BCUT2D eigenvalue weighted by Crippen LogP contribution is 2.44. The predicted molar refractivity (Wildman–Crippen MR) is 142 cm³/mol. The number of rotatable bonds is 7. The van der Waals surface area contributed by atoms with Crippen LogP contribution >= 0.6 is 0 Å². The number of imide groups is 1. The SMILES string of the molecule is O=C1CCC(N2Cc3c(CCCCCN4CCC5(CC4)C(=O)Nc4ccccc45)cccc3C2=O)C(=O)N1. The van der Waals surface area contributed by atoms with Gasteiger partial charge in [-0.2, -0.15) is 0 Å². The molecule has 0 aliphatic carbocycles. The van der Waals surface area contributed by atoms with Crippen molar-refractivity contribution in [3.63, 3.8) is 0 Å². The van der Waals surface area contributed by atoms with Gasteiger partial charge in [0.15, 0.2) is 0 Å². The first-order valence-electron chi connectivity index (χ1n) is 13.8. The summed E-state index contributed by atoms with van der Waals surface area (Å²) in [5, 5.41) is 5.45. The number of carbonyl (C=O) groups is 4. The molecule has 4 aliphatic rings. The van der Waals surface area contributed by atoms with Gasteiger partial charge in [0.05, 0.1) is 5.41 Å². The number of likely N-dealkylation sites (tertiary alicyclic amines) is 1. The Kier molecular flexibility index (Phi) is 6.51. The van der Waals surface area contributed by atoms with E-state index in [0.717, 1.165) is 75.0 Å². The van der Waals surface area contributed by atoms with Crippen molar-refractivity contribution < 1.29 is 19.2 Å². The van der Waals surface area contributed by atoms with Crippen LogP contribution in [0, 0.1) is 0 Å². The summed E-state index contributed by atoms with van der Waals surface area (Å²) in [4.78, 5) is 53.8. The lowest BCUT2D eigenvalue weighted by Gasteiger charge is -2.38. The minimum absolute atomic E-state index is 0.113. The number of amides is 4. The predicted octanol–water partition coefficient (Wildman–Crippen LogP) is 3.15. The van der Waals surface area contributed by atoms with Gasteiger partial charge in [0, 0.05) is 24.2 Å². The molecule has 4 heterocycles. The molecule has 1 spiro atoms. The molecule has 6 rings (SSSR count). The molecular formula is C30H34N4O4. The number of carbonyl (C=O) groups excluding carboxylic acids is 4. The van der Waals surface area contributed by atoms with Crippen molar-refractivity contribution in [3.8, 4) is 0 Å². The molecule has 2 fully saturated rings. The fraction of sp³-hybridized carbons (Fsp3) is 0.467. The van der Waals surface area contributed by atoms with Crippen molar-refractivity contribution in [1.29, 1.82) is 0 Å². The first-order valence-corrected chi connectivity index (χ1v) is 13.8. The maximum atomic E-state index is 13.0. The number of nitrogens with zero attached hydrogens (tertiary/aromatic N) is 2. The van der Waals surface area contributed by atoms with E-state index in [1.54, 1.807) is 4.90 Å². The third kappa shape index (κ3) is 4.30. The minimum atomic E-state index is -0.576. The first kappa shape index (κ1) is 24.8. The van der Waals surface area contributed by atoms with E-state index in [0.29, 0.717) is 18.5 Å². The average Bonchev–Trinajstić information content (AvgIpc) is 3.39. The van der Waals surface area contributed by atoms with Crippen LogP contribution < -0.4 is 10.6 Å². The molecule has 2 N–H and O–H groups in total. The summed E-state index contributed by atoms with van der Waals surface area (Å²) in [7, 11) is 0. The molecule has 198 valence electrons. The highest BCUT2D eigenvalue weighted by molar-refractivity contribution is 6.06. The Morgan fingerprint density at radius 2 is 1.71 bits per heavy atom. The van der Waals surface area contributed by atoms with Gasteiger partial charge in [0.1, 0.15) is 6.04 Å². The summed E-state index contributed by atoms with van der Waals surface area (Å²) in [6.07, 6.45) is 6.52. The van der Waals surface area contributed by atoms with Gasteiger partial charge in [-0.3, -0.25) is 24.5 Å². The van der Waals surface area contributed by atoms with Crippen LogP contribution in [0.4, 0.5) is 5.69 Å². The number of benzene rings is 2. The first-order chi connectivity index (χ1) is 18.5. The van der Waals surface area contributed by atoms with Crippen LogP contribution in [0.3, 0.4) is 0 Å². The number of anilines is 1. The van der Waals surface area contributed by atoms with E-state index in [4.69, 9.17) is 0 Å². The summed E-state index contributed by atoms with van der Waals surface area (Å²) in [5.41, 5.74) is 4.66. The zero-order valence-corrected chi connectivity index (χ0v) is 21.6. The van der Waals surface area contributed by atoms with Crippen LogP contribution in [0.2, 0.25) is 0 Å². The van der Waals surface area contributed by atoms with Gasteiger partial charge in [0.25, 0.3) is 5.91 Å². The van der Waals surface area contributed by atoms with E-state index < -0.39 is 6.04 Å². The van der Waals surface area contributed by atoms with Gasteiger partial charge in [-0.1, -0.05) is 36.8 Å². The summed E-state index contributed by atoms with van der Waals surface area (Å²) in [6.45, 7) is 3.34. The maximum Gasteiger partial charge on any atom is 0.255 e. The molecule has 1 unspecified atom stereocenters. The highest BCUT2D eigenvalue weighted by atomic mass is 16.2. The Morgan fingerprint density at radius 3 is 2.53 bits per heavy atom. The van der Waals surface area contributed by atoms with Gasteiger partial charge in [-0.15, -0.1) is 0 Å². The number of piperidine rings is 2. The van der Waals surface area contributed by atoms with Crippen LogP contribution in [0.1, 0.15) is 72.0 Å². The molecule has 8 heteroatoms. The van der Waals surface area contributed by atoms with Crippen LogP contribution in [0.15, 0.2) is 42.5 Å². The van der Waals surface area contributed by atoms with E-state index in [9.17, 15) is 19.2 Å². The zero-order valence-electron chi connectivity index (χ0n) is 21.6. The topological polar surface area (TPSA) is 98.8 Å². The second kappa shape index (κ2) is 9.98. The molecule has 2 aromatic rings.